The Morgan fingerprint density at radius 2 is 1.20 bits per heavy atom. The van der Waals surface area contributed by atoms with Crippen LogP contribution in [0.2, 0.25) is 0 Å². The normalized spacial score (nSPS) is 34.1. The number of fused-ring (bicyclic) bond motifs is 6. The van der Waals surface area contributed by atoms with Gasteiger partial charge in [-0.3, -0.25) is 0 Å². The van der Waals surface area contributed by atoms with E-state index in [1.807, 2.05) is 53.1 Å². The molecule has 7 aliphatic rings. The Labute approximate surface area is 568 Å². The summed E-state index contributed by atoms with van der Waals surface area (Å²) in [5.41, 5.74) is -28.8. The van der Waals surface area contributed by atoms with Crippen LogP contribution in [-0.2, 0) is 53.6 Å². The molecule has 0 spiro atoms. The molecule has 426 valence electrons. The quantitative estimate of drug-likeness (QED) is 0.109. The van der Waals surface area contributed by atoms with Crippen LogP contribution in [0.25, 0.3) is 49.7 Å². The molecule has 6 aliphatic carbocycles. The molecule has 84 heavy (non-hydrogen) atoms. The van der Waals surface area contributed by atoms with Gasteiger partial charge in [-0.1, -0.05) is 172 Å². The molecule has 0 radical (unpaired) electrons. The molecule has 0 saturated heterocycles. The largest absolute Gasteiger partial charge is 4.00 e. The van der Waals surface area contributed by atoms with Crippen molar-refractivity contribution in [2.75, 3.05) is 0 Å². The minimum absolute atomic E-state index is 0. The van der Waals surface area contributed by atoms with Gasteiger partial charge in [0.25, 0.3) is 0 Å². The minimum atomic E-state index is -4.85. The molecule has 4 bridgehead atoms. The molecule has 2 heterocycles. The van der Waals surface area contributed by atoms with Gasteiger partial charge in [0.2, 0.25) is 0 Å². The zero-order chi connectivity index (χ0) is 89.6. The number of nitrogens with zero attached hydrogens (tertiary/aromatic N) is 2. The van der Waals surface area contributed by atoms with E-state index in [-0.39, 0.29) is 97.4 Å². The molecule has 3 nitrogen and oxygen atoms in total. The minimum Gasteiger partial charge on any atom is -0.509 e. The van der Waals surface area contributed by atoms with E-state index in [9.17, 15) is 35.6 Å². The number of benzene rings is 8. The van der Waals surface area contributed by atoms with Crippen LogP contribution in [0.4, 0.5) is 11.4 Å². The van der Waals surface area contributed by atoms with E-state index >= 15 is 0 Å². The molecule has 1 aromatic heterocycles. The van der Waals surface area contributed by atoms with Crippen molar-refractivity contribution in [2.45, 2.75) is 178 Å². The van der Waals surface area contributed by atoms with Gasteiger partial charge in [0.15, 0.2) is 0 Å². The van der Waals surface area contributed by atoms with Crippen LogP contribution in [-0.4, -0.2) is 10.8 Å². The van der Waals surface area contributed by atoms with Crippen molar-refractivity contribution in [2.24, 2.45) is 17.8 Å². The fraction of sp³-hybridized carbons (Fsp3) is 0.388. The van der Waals surface area contributed by atoms with Crippen molar-refractivity contribution >= 4 is 39.4 Å². The Morgan fingerprint density at radius 3 is 1.82 bits per heavy atom. The summed E-state index contributed by atoms with van der Waals surface area (Å²) in [6.45, 7) is -30.2. The Bertz CT molecular complexity index is 5580. The smallest absolute Gasteiger partial charge is 0.509 e. The standard InChI is InChI=1S/C80H81N2O.Pt/c1-75(2,3)56-19-17-20-58(42-56)82-72-25-15-13-22-61(72)63-29-28-60(45-73(63)82)83-59-21-16-18-53(39-59)66-49-81(71-24-14-12-23-62(66)71)74-64(54-26-30-67-69(40-54)78(8,9)34-32-76(67,4)5)43-57(80-46-50-36-51(47-80)38-52(37-50)48-80)44-65(74)55-27-31-68-70(41-55)79(10,11)35-33-77(68,6)7;/h12-19,21-31,40-44,50-52,66H,32-38,46-48H2,1-11H3;/q-3;+4/i4D3,5D3,6D3,7D3,8D3,9D3,10D3,11D3,26D,27D,30D,31D,32D2,33D2,34D2,35D2,40D,41D;. The Hall–Kier alpha value is -6.28. The van der Waals surface area contributed by atoms with Crippen molar-refractivity contribution in [3.63, 3.8) is 0 Å². The van der Waals surface area contributed by atoms with Crippen LogP contribution in [0.15, 0.2) is 145 Å². The Morgan fingerprint density at radius 1 is 0.619 bits per heavy atom. The van der Waals surface area contributed by atoms with Gasteiger partial charge in [-0.05, 0) is 187 Å². The van der Waals surface area contributed by atoms with E-state index < -0.39 is 200 Å². The first kappa shape index (κ1) is 27.6. The molecule has 16 rings (SSSR count). The molecular weight excluding hydrogens is 1200 g/mol. The molecule has 4 fully saturated rings. The second-order valence-electron chi connectivity index (χ2n) is 24.8. The van der Waals surface area contributed by atoms with Crippen molar-refractivity contribution in [1.82, 2.24) is 9.14 Å². The third kappa shape index (κ3) is 9.08. The second kappa shape index (κ2) is 19.6. The zero-order valence-corrected chi connectivity index (χ0v) is 48.3. The SMILES string of the molecule is [2H]c1c([2H])c2c(c([2H])c1-c1cc(C34CC5CC(CC(C5)C3)C4)cc(-c3c([2H])c([2H])c4c(c3[2H])C(C([2H])([2H])[2H])(C([2H])([2H])[2H])C([2H])([2H])C([2H])([2H])C4(C([2H])([2H])[2H])C([2H])([2H])[2H])c1[N+]1=[C-]C(c3[c-]c(Oc4[c-]c5c(cc4)c4ccccc4n5-c4[c-]ccc(C(C)(C)C)c4)ccc3)c3ccccc31)C(C([2H])([2H])[2H])(C([2H])([2H])[2H])C([2H])([2H])C([2H])([2H])C2(C([2H])([2H])[2H])C([2H])([2H])[2H].[Pt+4]. The van der Waals surface area contributed by atoms with Crippen molar-refractivity contribution in [3.8, 4) is 39.4 Å². The van der Waals surface area contributed by atoms with E-state index in [1.54, 1.807) is 36.4 Å². The predicted molar refractivity (Wildman–Crippen MR) is 345 cm³/mol. The van der Waals surface area contributed by atoms with Gasteiger partial charge < -0.3 is 13.9 Å². The molecule has 0 N–H and O–H groups in total. The second-order valence-corrected chi connectivity index (χ2v) is 24.8. The summed E-state index contributed by atoms with van der Waals surface area (Å²) in [7, 11) is 0. The van der Waals surface area contributed by atoms with E-state index in [0.29, 0.717) is 30.5 Å². The van der Waals surface area contributed by atoms with Crippen molar-refractivity contribution in [3.05, 3.63) is 208 Å². The van der Waals surface area contributed by atoms with Gasteiger partial charge in [-0.25, -0.2) is 0 Å². The van der Waals surface area contributed by atoms with Gasteiger partial charge in [-0.2, -0.15) is 47.5 Å². The average molecular weight is 1320 g/mol. The van der Waals surface area contributed by atoms with Crippen LogP contribution in [0.5, 0.6) is 11.5 Å². The summed E-state index contributed by atoms with van der Waals surface area (Å²) in [6, 6.07) is 30.6. The van der Waals surface area contributed by atoms with Gasteiger partial charge in [0.05, 0.1) is 8.22 Å². The Kier molecular flexibility index (Phi) is 6.45. The molecule has 9 aromatic rings. The first-order valence-corrected chi connectivity index (χ1v) is 28.1. The van der Waals surface area contributed by atoms with Crippen LogP contribution in [0, 0.1) is 36.0 Å². The first-order chi connectivity index (χ1) is 55.2. The molecule has 1 unspecified atom stereocenters. The molecule has 8 aromatic carbocycles. The number of rotatable bonds is 8. The molecule has 4 saturated carbocycles. The third-order valence-electron chi connectivity index (χ3n) is 18.0. The van der Waals surface area contributed by atoms with Crippen LogP contribution in [0.3, 0.4) is 0 Å². The van der Waals surface area contributed by atoms with Crippen molar-refractivity contribution in [1.29, 1.82) is 0 Å². The van der Waals surface area contributed by atoms with Gasteiger partial charge >= 0.3 is 21.1 Å². The van der Waals surface area contributed by atoms with Gasteiger partial charge in [0, 0.05) is 66.8 Å². The monoisotopic (exact) mass is 1320 g/mol. The maximum atomic E-state index is 10.9. The maximum absolute atomic E-state index is 10.9. The van der Waals surface area contributed by atoms with Gasteiger partial charge in [-0.15, -0.1) is 35.7 Å². The predicted octanol–water partition coefficient (Wildman–Crippen LogP) is 20.7. The van der Waals surface area contributed by atoms with Crippen LogP contribution in [0.1, 0.15) is 242 Å². The summed E-state index contributed by atoms with van der Waals surface area (Å²) in [4.78, 5) is 0. The van der Waals surface area contributed by atoms with Crippen LogP contribution >= 0.6 is 0 Å². The van der Waals surface area contributed by atoms with E-state index in [0.717, 1.165) is 26.4 Å². The third-order valence-corrected chi connectivity index (χ3v) is 18.0. The molecule has 0 amide bonds. The van der Waals surface area contributed by atoms with Crippen LogP contribution < -0.4 is 9.31 Å². The number of hydrogen-bond donors (Lipinski definition) is 0. The summed E-state index contributed by atoms with van der Waals surface area (Å²) in [6.07, 6.45) is -13.1. The maximum Gasteiger partial charge on any atom is 4.00 e. The first-order valence-electron chi connectivity index (χ1n) is 47.1. The summed E-state index contributed by atoms with van der Waals surface area (Å²) in [5, 5.41) is 1.68. The summed E-state index contributed by atoms with van der Waals surface area (Å²) < 4.78 is 373. The molecule has 1 atom stereocenters. The number of aromatic nitrogens is 1. The topological polar surface area (TPSA) is 17.2 Å². The molecule has 1 aliphatic heterocycles. The number of hydrogen-bond acceptors (Lipinski definition) is 1. The fourth-order valence-corrected chi connectivity index (χ4v) is 14.5. The molecule has 4 heteroatoms. The fourth-order valence-electron chi connectivity index (χ4n) is 14.5. The van der Waals surface area contributed by atoms with E-state index in [4.69, 9.17) is 21.2 Å². The summed E-state index contributed by atoms with van der Waals surface area (Å²) in [5.74, 6) is -1.38. The zero-order valence-electron chi connectivity index (χ0n) is 84.1. The summed E-state index contributed by atoms with van der Waals surface area (Å²) >= 11 is 0. The van der Waals surface area contributed by atoms with Gasteiger partial charge in [0.1, 0.15) is 17.6 Å². The number of ether oxygens (including phenoxy) is 1. The van der Waals surface area contributed by atoms with Crippen molar-refractivity contribution < 1.29 is 77.9 Å². The average Bonchev–Trinajstić information content (AvgIpc) is 0.861. The number of para-hydroxylation sites is 2. The van der Waals surface area contributed by atoms with E-state index in [1.165, 1.54) is 24.3 Å². The van der Waals surface area contributed by atoms with E-state index in [2.05, 4.69) is 45.2 Å². The Balaban J connectivity index is 0.0000121. The molecular formula is C80H81N2OPt+.